The number of halogens is 3. The molecular formula is C14H16F3N3. The molecule has 2 aromatic rings. The maximum Gasteiger partial charge on any atom is 0.416 e. The van der Waals surface area contributed by atoms with Gasteiger partial charge in [-0.2, -0.15) is 18.3 Å². The van der Waals surface area contributed by atoms with Gasteiger partial charge in [-0.05, 0) is 36.7 Å². The molecular weight excluding hydrogens is 267 g/mol. The van der Waals surface area contributed by atoms with Crippen LogP contribution in [0, 0.1) is 0 Å². The van der Waals surface area contributed by atoms with Gasteiger partial charge in [0.05, 0.1) is 11.3 Å². The number of nitrogens with one attached hydrogen (secondary N) is 1. The molecule has 0 aliphatic rings. The summed E-state index contributed by atoms with van der Waals surface area (Å²) in [6.45, 7) is 2.87. The summed E-state index contributed by atoms with van der Waals surface area (Å²) in [4.78, 5) is 0. The highest BCUT2D eigenvalue weighted by atomic mass is 19.4. The van der Waals surface area contributed by atoms with Crippen molar-refractivity contribution in [3.63, 3.8) is 0 Å². The lowest BCUT2D eigenvalue weighted by Gasteiger charge is -2.15. The minimum atomic E-state index is -4.37. The summed E-state index contributed by atoms with van der Waals surface area (Å²) in [6.07, 6.45) is -0.340. The Bertz CT molecular complexity index is 547. The number of hydrogen-bond acceptors (Lipinski definition) is 2. The molecule has 0 aliphatic heterocycles. The van der Waals surface area contributed by atoms with Crippen molar-refractivity contribution < 1.29 is 13.2 Å². The molecule has 1 aromatic heterocycles. The SMILES string of the molecule is CCCNCc1ccc(-n2cccn2)cc1C(F)(F)F. The molecule has 6 heteroatoms. The van der Waals surface area contributed by atoms with Crippen molar-refractivity contribution in [2.24, 2.45) is 0 Å². The largest absolute Gasteiger partial charge is 0.416 e. The Balaban J connectivity index is 2.33. The van der Waals surface area contributed by atoms with Crippen molar-refractivity contribution in [3.8, 4) is 5.69 Å². The molecule has 0 aliphatic carbocycles. The smallest absolute Gasteiger partial charge is 0.313 e. The van der Waals surface area contributed by atoms with E-state index in [4.69, 9.17) is 0 Å². The molecule has 0 saturated heterocycles. The van der Waals surface area contributed by atoms with E-state index in [-0.39, 0.29) is 12.1 Å². The Morgan fingerprint density at radius 2 is 2.10 bits per heavy atom. The van der Waals surface area contributed by atoms with Gasteiger partial charge in [-0.1, -0.05) is 13.0 Å². The first-order valence-electron chi connectivity index (χ1n) is 6.43. The standard InChI is InChI=1S/C14H16F3N3/c1-2-6-18-10-11-4-5-12(20-8-3-7-19-20)9-13(11)14(15,16)17/h3-5,7-9,18H,2,6,10H2,1H3. The van der Waals surface area contributed by atoms with Crippen LogP contribution >= 0.6 is 0 Å². The molecule has 0 atom stereocenters. The summed E-state index contributed by atoms with van der Waals surface area (Å²) < 4.78 is 40.8. The van der Waals surface area contributed by atoms with Crippen molar-refractivity contribution in [3.05, 3.63) is 47.8 Å². The normalized spacial score (nSPS) is 11.8. The van der Waals surface area contributed by atoms with Gasteiger partial charge in [0.15, 0.2) is 0 Å². The summed E-state index contributed by atoms with van der Waals surface area (Å²) in [5.41, 5.74) is 0.0394. The fourth-order valence-corrected chi connectivity index (χ4v) is 1.95. The van der Waals surface area contributed by atoms with Crippen LogP contribution in [0.4, 0.5) is 13.2 Å². The molecule has 0 saturated carbocycles. The van der Waals surface area contributed by atoms with Gasteiger partial charge in [-0.25, -0.2) is 4.68 Å². The van der Waals surface area contributed by atoms with E-state index in [1.165, 1.54) is 16.9 Å². The van der Waals surface area contributed by atoms with E-state index in [2.05, 4.69) is 10.4 Å². The van der Waals surface area contributed by atoms with Crippen LogP contribution in [0.3, 0.4) is 0 Å². The van der Waals surface area contributed by atoms with E-state index < -0.39 is 11.7 Å². The molecule has 1 heterocycles. The van der Waals surface area contributed by atoms with Crippen LogP contribution in [0.25, 0.3) is 5.69 Å². The minimum Gasteiger partial charge on any atom is -0.313 e. The Hall–Kier alpha value is -1.82. The summed E-state index contributed by atoms with van der Waals surface area (Å²) in [6, 6.07) is 5.95. The Morgan fingerprint density at radius 1 is 1.30 bits per heavy atom. The highest BCUT2D eigenvalue weighted by Gasteiger charge is 2.33. The van der Waals surface area contributed by atoms with Crippen molar-refractivity contribution in [2.45, 2.75) is 26.1 Å². The van der Waals surface area contributed by atoms with Crippen LogP contribution in [0.1, 0.15) is 24.5 Å². The first-order valence-corrected chi connectivity index (χ1v) is 6.43. The summed E-state index contributed by atoms with van der Waals surface area (Å²) >= 11 is 0. The van der Waals surface area contributed by atoms with Crippen LogP contribution < -0.4 is 5.32 Å². The molecule has 1 aromatic carbocycles. The predicted octanol–water partition coefficient (Wildman–Crippen LogP) is 3.39. The van der Waals surface area contributed by atoms with Gasteiger partial charge in [-0.15, -0.1) is 0 Å². The highest BCUT2D eigenvalue weighted by Crippen LogP contribution is 2.33. The molecule has 108 valence electrons. The zero-order valence-corrected chi connectivity index (χ0v) is 11.1. The zero-order valence-electron chi connectivity index (χ0n) is 11.1. The Morgan fingerprint density at radius 3 is 2.70 bits per heavy atom. The lowest BCUT2D eigenvalue weighted by atomic mass is 10.1. The second kappa shape index (κ2) is 6.09. The third-order valence-electron chi connectivity index (χ3n) is 2.91. The number of rotatable bonds is 5. The van der Waals surface area contributed by atoms with Crippen LogP contribution in [-0.2, 0) is 12.7 Å². The van der Waals surface area contributed by atoms with Crippen molar-refractivity contribution in [2.75, 3.05) is 6.54 Å². The topological polar surface area (TPSA) is 29.9 Å². The number of aromatic nitrogens is 2. The molecule has 0 spiro atoms. The van der Waals surface area contributed by atoms with E-state index in [1.54, 1.807) is 18.3 Å². The third kappa shape index (κ3) is 3.39. The lowest BCUT2D eigenvalue weighted by molar-refractivity contribution is -0.138. The van der Waals surface area contributed by atoms with Crippen molar-refractivity contribution in [1.82, 2.24) is 15.1 Å². The van der Waals surface area contributed by atoms with Crippen molar-refractivity contribution >= 4 is 0 Å². The van der Waals surface area contributed by atoms with E-state index in [0.29, 0.717) is 12.2 Å². The minimum absolute atomic E-state index is 0.210. The maximum absolute atomic E-state index is 13.1. The second-order valence-electron chi connectivity index (χ2n) is 4.47. The summed E-state index contributed by atoms with van der Waals surface area (Å²) in [5.74, 6) is 0. The van der Waals surface area contributed by atoms with E-state index in [1.807, 2.05) is 6.92 Å². The first-order chi connectivity index (χ1) is 9.52. The maximum atomic E-state index is 13.1. The predicted molar refractivity (Wildman–Crippen MR) is 70.6 cm³/mol. The Kier molecular flexibility index (Phi) is 4.44. The lowest BCUT2D eigenvalue weighted by Crippen LogP contribution is -2.18. The van der Waals surface area contributed by atoms with Crippen LogP contribution in [0.2, 0.25) is 0 Å². The molecule has 0 radical (unpaired) electrons. The molecule has 0 unspecified atom stereocenters. The van der Waals surface area contributed by atoms with Gasteiger partial charge < -0.3 is 5.32 Å². The molecule has 0 fully saturated rings. The van der Waals surface area contributed by atoms with E-state index in [0.717, 1.165) is 12.5 Å². The van der Waals surface area contributed by atoms with Crippen LogP contribution in [-0.4, -0.2) is 16.3 Å². The average molecular weight is 283 g/mol. The molecule has 2 rings (SSSR count). The zero-order chi connectivity index (χ0) is 14.6. The fourth-order valence-electron chi connectivity index (χ4n) is 1.95. The van der Waals surface area contributed by atoms with Gasteiger partial charge in [0.2, 0.25) is 0 Å². The molecule has 0 amide bonds. The average Bonchev–Trinajstić information content (AvgIpc) is 2.92. The van der Waals surface area contributed by atoms with E-state index in [9.17, 15) is 13.2 Å². The second-order valence-corrected chi connectivity index (χ2v) is 4.47. The first kappa shape index (κ1) is 14.6. The monoisotopic (exact) mass is 283 g/mol. The van der Waals surface area contributed by atoms with Crippen molar-refractivity contribution in [1.29, 1.82) is 0 Å². The number of nitrogens with zero attached hydrogens (tertiary/aromatic N) is 2. The van der Waals surface area contributed by atoms with Gasteiger partial charge >= 0.3 is 6.18 Å². The molecule has 0 bridgehead atoms. The molecule has 1 N–H and O–H groups in total. The quantitative estimate of drug-likeness (QED) is 0.852. The van der Waals surface area contributed by atoms with Gasteiger partial charge in [-0.3, -0.25) is 0 Å². The Labute approximate surface area is 115 Å². The number of alkyl halides is 3. The molecule has 3 nitrogen and oxygen atoms in total. The number of hydrogen-bond donors (Lipinski definition) is 1. The fraction of sp³-hybridized carbons (Fsp3) is 0.357. The summed E-state index contributed by atoms with van der Waals surface area (Å²) in [5, 5.41) is 6.94. The molecule has 20 heavy (non-hydrogen) atoms. The van der Waals surface area contributed by atoms with E-state index >= 15 is 0 Å². The van der Waals surface area contributed by atoms with Gasteiger partial charge in [0.25, 0.3) is 0 Å². The third-order valence-corrected chi connectivity index (χ3v) is 2.91. The van der Waals surface area contributed by atoms with Gasteiger partial charge in [0.1, 0.15) is 0 Å². The summed E-state index contributed by atoms with van der Waals surface area (Å²) in [7, 11) is 0. The highest BCUT2D eigenvalue weighted by molar-refractivity contribution is 5.41. The van der Waals surface area contributed by atoms with Crippen LogP contribution in [0.5, 0.6) is 0 Å². The number of benzene rings is 1. The van der Waals surface area contributed by atoms with Crippen LogP contribution in [0.15, 0.2) is 36.7 Å². The van der Waals surface area contributed by atoms with Gasteiger partial charge in [0, 0.05) is 18.9 Å².